The number of nitrogens with one attached hydrogen (secondary N) is 1. The van der Waals surface area contributed by atoms with Crippen LogP contribution in [0, 0.1) is 11.8 Å². The van der Waals surface area contributed by atoms with Crippen LogP contribution in [0.2, 0.25) is 5.28 Å². The van der Waals surface area contributed by atoms with E-state index in [0.717, 1.165) is 26.1 Å². The summed E-state index contributed by atoms with van der Waals surface area (Å²) < 4.78 is 0. The molecule has 0 radical (unpaired) electrons. The summed E-state index contributed by atoms with van der Waals surface area (Å²) in [6, 6.07) is 0. The van der Waals surface area contributed by atoms with Gasteiger partial charge in [-0.05, 0) is 36.3 Å². The fourth-order valence-electron chi connectivity index (χ4n) is 2.62. The molecule has 0 aromatic carbocycles. The standard InChI is InChI=1S/C13H22ClN5/c1-4-5-15-12-16-11(14)17-13(18-12)19-7-9(2)6-10(3)8-19/h9-10H,4-8H2,1-3H3,(H,15,16,17,18). The Morgan fingerprint density at radius 3 is 2.53 bits per heavy atom. The van der Waals surface area contributed by atoms with Gasteiger partial charge in [-0.2, -0.15) is 15.0 Å². The molecular formula is C13H22ClN5. The normalized spacial score (nSPS) is 23.5. The van der Waals surface area contributed by atoms with E-state index in [9.17, 15) is 0 Å². The maximum atomic E-state index is 5.99. The van der Waals surface area contributed by atoms with E-state index in [0.29, 0.717) is 23.7 Å². The fraction of sp³-hybridized carbons (Fsp3) is 0.769. The number of piperidine rings is 1. The first-order chi connectivity index (χ1) is 9.08. The van der Waals surface area contributed by atoms with Crippen LogP contribution in [0.1, 0.15) is 33.6 Å². The van der Waals surface area contributed by atoms with E-state index in [-0.39, 0.29) is 5.28 Å². The predicted molar refractivity (Wildman–Crippen MR) is 78.8 cm³/mol. The van der Waals surface area contributed by atoms with Gasteiger partial charge in [0.05, 0.1) is 0 Å². The maximum absolute atomic E-state index is 5.99. The first-order valence-electron chi connectivity index (χ1n) is 6.99. The van der Waals surface area contributed by atoms with Gasteiger partial charge in [0, 0.05) is 19.6 Å². The highest BCUT2D eigenvalue weighted by Crippen LogP contribution is 2.25. The summed E-state index contributed by atoms with van der Waals surface area (Å²) >= 11 is 5.99. The second kappa shape index (κ2) is 6.37. The third kappa shape index (κ3) is 3.93. The highest BCUT2D eigenvalue weighted by Gasteiger charge is 2.24. The van der Waals surface area contributed by atoms with E-state index < -0.39 is 0 Å². The molecule has 1 aromatic rings. The fourth-order valence-corrected chi connectivity index (χ4v) is 2.78. The Hall–Kier alpha value is -1.10. The molecule has 1 N–H and O–H groups in total. The molecule has 1 fully saturated rings. The van der Waals surface area contributed by atoms with Crippen molar-refractivity contribution in [1.82, 2.24) is 15.0 Å². The summed E-state index contributed by atoms with van der Waals surface area (Å²) in [5.41, 5.74) is 0. The first kappa shape index (κ1) is 14.3. The van der Waals surface area contributed by atoms with Crippen LogP contribution in [0.5, 0.6) is 0 Å². The van der Waals surface area contributed by atoms with Gasteiger partial charge in [-0.25, -0.2) is 0 Å². The third-order valence-corrected chi connectivity index (χ3v) is 3.45. The van der Waals surface area contributed by atoms with Crippen LogP contribution < -0.4 is 10.2 Å². The Morgan fingerprint density at radius 1 is 1.21 bits per heavy atom. The Balaban J connectivity index is 2.16. The van der Waals surface area contributed by atoms with Gasteiger partial charge in [0.1, 0.15) is 0 Å². The zero-order valence-corrected chi connectivity index (χ0v) is 12.6. The Morgan fingerprint density at radius 2 is 1.89 bits per heavy atom. The smallest absolute Gasteiger partial charge is 0.231 e. The Kier molecular flexibility index (Phi) is 4.80. The molecule has 19 heavy (non-hydrogen) atoms. The lowest BCUT2D eigenvalue weighted by atomic mass is 9.92. The van der Waals surface area contributed by atoms with Gasteiger partial charge < -0.3 is 10.2 Å². The third-order valence-electron chi connectivity index (χ3n) is 3.28. The molecule has 2 heterocycles. The van der Waals surface area contributed by atoms with Crippen molar-refractivity contribution in [1.29, 1.82) is 0 Å². The number of halogens is 1. The minimum atomic E-state index is 0.259. The van der Waals surface area contributed by atoms with Gasteiger partial charge in [0.2, 0.25) is 17.2 Å². The number of hydrogen-bond donors (Lipinski definition) is 1. The van der Waals surface area contributed by atoms with Crippen LogP contribution in [-0.4, -0.2) is 34.6 Å². The van der Waals surface area contributed by atoms with Crippen LogP contribution in [-0.2, 0) is 0 Å². The molecule has 5 nitrogen and oxygen atoms in total. The molecular weight excluding hydrogens is 262 g/mol. The molecule has 1 saturated heterocycles. The molecule has 0 aliphatic carbocycles. The predicted octanol–water partition coefficient (Wildman–Crippen LogP) is 2.83. The van der Waals surface area contributed by atoms with Crippen molar-refractivity contribution in [2.45, 2.75) is 33.6 Å². The summed E-state index contributed by atoms with van der Waals surface area (Å²) in [6.45, 7) is 9.44. The van der Waals surface area contributed by atoms with Gasteiger partial charge >= 0.3 is 0 Å². The lowest BCUT2D eigenvalue weighted by Crippen LogP contribution is -2.39. The van der Waals surface area contributed by atoms with Crippen molar-refractivity contribution >= 4 is 23.5 Å². The van der Waals surface area contributed by atoms with Crippen LogP contribution in [0.15, 0.2) is 0 Å². The van der Waals surface area contributed by atoms with Gasteiger partial charge in [0.25, 0.3) is 0 Å². The van der Waals surface area contributed by atoms with Gasteiger partial charge in [0.15, 0.2) is 0 Å². The molecule has 0 bridgehead atoms. The van der Waals surface area contributed by atoms with E-state index in [1.807, 2.05) is 0 Å². The zero-order chi connectivity index (χ0) is 13.8. The minimum Gasteiger partial charge on any atom is -0.354 e. The van der Waals surface area contributed by atoms with Crippen molar-refractivity contribution in [2.75, 3.05) is 29.9 Å². The molecule has 1 aromatic heterocycles. The molecule has 2 unspecified atom stereocenters. The van der Waals surface area contributed by atoms with Gasteiger partial charge in [-0.15, -0.1) is 0 Å². The van der Waals surface area contributed by atoms with E-state index in [1.165, 1.54) is 6.42 Å². The number of aromatic nitrogens is 3. The van der Waals surface area contributed by atoms with Crippen molar-refractivity contribution in [3.05, 3.63) is 5.28 Å². The van der Waals surface area contributed by atoms with E-state index in [2.05, 4.69) is 45.9 Å². The average molecular weight is 284 g/mol. The van der Waals surface area contributed by atoms with Crippen LogP contribution >= 0.6 is 11.6 Å². The second-order valence-electron chi connectivity index (χ2n) is 5.51. The summed E-state index contributed by atoms with van der Waals surface area (Å²) in [5.74, 6) is 2.58. The quantitative estimate of drug-likeness (QED) is 0.921. The summed E-state index contributed by atoms with van der Waals surface area (Å²) in [6.07, 6.45) is 2.28. The van der Waals surface area contributed by atoms with E-state index >= 15 is 0 Å². The molecule has 1 aliphatic rings. The van der Waals surface area contributed by atoms with Crippen LogP contribution in [0.3, 0.4) is 0 Å². The Labute approximate surface area is 119 Å². The van der Waals surface area contributed by atoms with Crippen LogP contribution in [0.4, 0.5) is 11.9 Å². The number of rotatable bonds is 4. The van der Waals surface area contributed by atoms with Crippen LogP contribution in [0.25, 0.3) is 0 Å². The molecule has 0 spiro atoms. The molecule has 2 rings (SSSR count). The molecule has 1 aliphatic heterocycles. The molecule has 6 heteroatoms. The lowest BCUT2D eigenvalue weighted by Gasteiger charge is -2.34. The largest absolute Gasteiger partial charge is 0.354 e. The monoisotopic (exact) mass is 283 g/mol. The summed E-state index contributed by atoms with van der Waals surface area (Å²) in [4.78, 5) is 15.1. The van der Waals surface area contributed by atoms with Crippen molar-refractivity contribution < 1.29 is 0 Å². The molecule has 0 amide bonds. The summed E-state index contributed by atoms with van der Waals surface area (Å²) in [7, 11) is 0. The Bertz CT molecular complexity index is 415. The maximum Gasteiger partial charge on any atom is 0.231 e. The zero-order valence-electron chi connectivity index (χ0n) is 11.9. The highest BCUT2D eigenvalue weighted by molar-refractivity contribution is 6.28. The molecule has 0 saturated carbocycles. The molecule has 106 valence electrons. The topological polar surface area (TPSA) is 53.9 Å². The average Bonchev–Trinajstić information content (AvgIpc) is 2.34. The lowest BCUT2D eigenvalue weighted by molar-refractivity contribution is 0.353. The van der Waals surface area contributed by atoms with E-state index in [1.54, 1.807) is 0 Å². The second-order valence-corrected chi connectivity index (χ2v) is 5.84. The minimum absolute atomic E-state index is 0.259. The summed E-state index contributed by atoms with van der Waals surface area (Å²) in [5, 5.41) is 3.42. The van der Waals surface area contributed by atoms with Crippen molar-refractivity contribution in [2.24, 2.45) is 11.8 Å². The number of nitrogens with zero attached hydrogens (tertiary/aromatic N) is 4. The van der Waals surface area contributed by atoms with Crippen molar-refractivity contribution in [3.8, 4) is 0 Å². The number of hydrogen-bond acceptors (Lipinski definition) is 5. The van der Waals surface area contributed by atoms with E-state index in [4.69, 9.17) is 11.6 Å². The number of anilines is 2. The molecule has 2 atom stereocenters. The van der Waals surface area contributed by atoms with Gasteiger partial charge in [-0.1, -0.05) is 20.8 Å². The van der Waals surface area contributed by atoms with Gasteiger partial charge in [-0.3, -0.25) is 0 Å². The first-order valence-corrected chi connectivity index (χ1v) is 7.36. The SMILES string of the molecule is CCCNc1nc(Cl)nc(N2CC(C)CC(C)C2)n1. The van der Waals surface area contributed by atoms with Crippen molar-refractivity contribution in [3.63, 3.8) is 0 Å². The highest BCUT2D eigenvalue weighted by atomic mass is 35.5.